The zero-order valence-corrected chi connectivity index (χ0v) is 16.0. The summed E-state index contributed by atoms with van der Waals surface area (Å²) in [6.45, 7) is 0. The third-order valence-electron chi connectivity index (χ3n) is 4.27. The summed E-state index contributed by atoms with van der Waals surface area (Å²) in [7, 11) is -2.09. The zero-order chi connectivity index (χ0) is 19.3. The Morgan fingerprint density at radius 2 is 1.89 bits per heavy atom. The average molecular weight is 402 g/mol. The first kappa shape index (κ1) is 17.4. The van der Waals surface area contributed by atoms with E-state index in [-0.39, 0.29) is 11.5 Å². The summed E-state index contributed by atoms with van der Waals surface area (Å²) in [5, 5.41) is 11.2. The first-order valence-electron chi connectivity index (χ1n) is 7.86. The highest BCUT2D eigenvalue weighted by Gasteiger charge is 2.25. The molecule has 2 aromatic carbocycles. The van der Waals surface area contributed by atoms with Crippen LogP contribution in [0.15, 0.2) is 48.5 Å². The minimum Gasteiger partial charge on any atom is -0.280 e. The summed E-state index contributed by atoms with van der Waals surface area (Å²) >= 11 is 1.35. The van der Waals surface area contributed by atoms with Crippen molar-refractivity contribution >= 4 is 48.0 Å². The van der Waals surface area contributed by atoms with Gasteiger partial charge in [-0.25, -0.2) is 8.42 Å². The third kappa shape index (κ3) is 2.82. The fourth-order valence-electron chi connectivity index (χ4n) is 2.89. The number of sulfonamides is 1. The van der Waals surface area contributed by atoms with Crippen LogP contribution in [0.4, 0.5) is 11.5 Å². The second-order valence-corrected chi connectivity index (χ2v) is 9.03. The minimum absolute atomic E-state index is 0.0343. The van der Waals surface area contributed by atoms with Gasteiger partial charge in [-0.1, -0.05) is 41.7 Å². The Morgan fingerprint density at radius 1 is 1.19 bits per heavy atom. The van der Waals surface area contributed by atoms with E-state index < -0.39 is 14.9 Å². The highest BCUT2D eigenvalue weighted by molar-refractivity contribution is 7.92. The van der Waals surface area contributed by atoms with Crippen molar-refractivity contribution in [1.82, 2.24) is 9.38 Å². The molecule has 0 aliphatic heterocycles. The van der Waals surface area contributed by atoms with Crippen molar-refractivity contribution in [3.8, 4) is 11.3 Å². The van der Waals surface area contributed by atoms with Crippen molar-refractivity contribution in [3.05, 3.63) is 58.6 Å². The van der Waals surface area contributed by atoms with Crippen LogP contribution in [0.1, 0.15) is 0 Å². The molecule has 2 aromatic heterocycles. The summed E-state index contributed by atoms with van der Waals surface area (Å²) in [6, 6.07) is 13.9. The molecule has 4 aromatic rings. The lowest BCUT2D eigenvalue weighted by Gasteiger charge is -2.16. The molecule has 0 bridgehead atoms. The molecule has 0 saturated carbocycles. The standard InChI is InChI=1S/C17H14N4O4S2/c1-19(27(2,24)25)16-15(11-6-4-3-5-7-11)20-13-10-12(21(22)23)8-9-14(13)26-17(20)18-16/h3-10H,1-2H3. The molecule has 0 atom stereocenters. The summed E-state index contributed by atoms with van der Waals surface area (Å²) in [4.78, 5) is 15.8. The maximum atomic E-state index is 12.1. The Morgan fingerprint density at radius 3 is 2.52 bits per heavy atom. The molecule has 0 saturated heterocycles. The molecule has 0 aliphatic carbocycles. The molecule has 0 spiro atoms. The van der Waals surface area contributed by atoms with E-state index in [1.54, 1.807) is 10.5 Å². The predicted octanol–water partition coefficient (Wildman–Crippen LogP) is 3.52. The average Bonchev–Trinajstić information content (AvgIpc) is 3.16. The number of aromatic nitrogens is 2. The van der Waals surface area contributed by atoms with Gasteiger partial charge in [0.25, 0.3) is 5.69 Å². The Labute approximate surface area is 158 Å². The number of imidazole rings is 1. The fourth-order valence-corrected chi connectivity index (χ4v) is 4.33. The molecule has 8 nitrogen and oxygen atoms in total. The maximum absolute atomic E-state index is 12.1. The van der Waals surface area contributed by atoms with Gasteiger partial charge < -0.3 is 0 Å². The van der Waals surface area contributed by atoms with Crippen molar-refractivity contribution in [3.63, 3.8) is 0 Å². The van der Waals surface area contributed by atoms with E-state index >= 15 is 0 Å². The van der Waals surface area contributed by atoms with Gasteiger partial charge in [-0.3, -0.25) is 18.8 Å². The lowest BCUT2D eigenvalue weighted by Crippen LogP contribution is -2.25. The van der Waals surface area contributed by atoms with Crippen LogP contribution in [0, 0.1) is 10.1 Å². The van der Waals surface area contributed by atoms with Gasteiger partial charge in [0.05, 0.1) is 27.1 Å². The van der Waals surface area contributed by atoms with Gasteiger partial charge in [-0.05, 0) is 6.07 Å². The highest BCUT2D eigenvalue weighted by atomic mass is 32.2. The van der Waals surface area contributed by atoms with Crippen LogP contribution in [0.25, 0.3) is 26.4 Å². The SMILES string of the molecule is CN(c1nc2sc3ccc([N+](=O)[O-])cc3n2c1-c1ccccc1)S(C)(=O)=O. The summed E-state index contributed by atoms with van der Waals surface area (Å²) < 4.78 is 28.0. The maximum Gasteiger partial charge on any atom is 0.271 e. The molecule has 0 amide bonds. The number of nitro groups is 1. The van der Waals surface area contributed by atoms with Crippen LogP contribution in [-0.4, -0.2) is 36.0 Å². The number of hydrogen-bond donors (Lipinski definition) is 0. The molecule has 2 heterocycles. The smallest absolute Gasteiger partial charge is 0.271 e. The van der Waals surface area contributed by atoms with E-state index in [0.29, 0.717) is 16.2 Å². The number of thiazole rings is 1. The molecule has 4 rings (SSSR count). The number of nitrogens with zero attached hydrogens (tertiary/aromatic N) is 4. The third-order valence-corrected chi connectivity index (χ3v) is 6.46. The van der Waals surface area contributed by atoms with Gasteiger partial charge in [0.2, 0.25) is 10.0 Å². The lowest BCUT2D eigenvalue weighted by molar-refractivity contribution is -0.384. The van der Waals surface area contributed by atoms with Crippen molar-refractivity contribution in [2.45, 2.75) is 0 Å². The number of benzene rings is 2. The topological polar surface area (TPSA) is 97.8 Å². The van der Waals surface area contributed by atoms with Gasteiger partial charge in [-0.15, -0.1) is 0 Å². The van der Waals surface area contributed by atoms with Crippen molar-refractivity contribution in [2.24, 2.45) is 0 Å². The van der Waals surface area contributed by atoms with E-state index in [1.165, 1.54) is 30.5 Å². The Balaban J connectivity index is 2.13. The number of hydrogen-bond acceptors (Lipinski definition) is 6. The molecule has 0 N–H and O–H groups in total. The van der Waals surface area contributed by atoms with E-state index in [4.69, 9.17) is 0 Å². The Bertz CT molecular complexity index is 1290. The van der Waals surface area contributed by atoms with Gasteiger partial charge >= 0.3 is 0 Å². The predicted molar refractivity (Wildman–Crippen MR) is 106 cm³/mol. The normalized spacial score (nSPS) is 11.9. The number of rotatable bonds is 4. The van der Waals surface area contributed by atoms with Gasteiger partial charge in [0.15, 0.2) is 10.8 Å². The van der Waals surface area contributed by atoms with Crippen LogP contribution in [-0.2, 0) is 10.0 Å². The fraction of sp³-hybridized carbons (Fsp3) is 0.118. The van der Waals surface area contributed by atoms with Gasteiger partial charge in [-0.2, -0.15) is 4.98 Å². The quantitative estimate of drug-likeness (QED) is 0.384. The molecule has 27 heavy (non-hydrogen) atoms. The first-order chi connectivity index (χ1) is 12.8. The van der Waals surface area contributed by atoms with Crippen LogP contribution in [0.3, 0.4) is 0 Å². The lowest BCUT2D eigenvalue weighted by atomic mass is 10.1. The molecule has 10 heteroatoms. The summed E-state index contributed by atoms with van der Waals surface area (Å²) in [5.41, 5.74) is 1.92. The summed E-state index contributed by atoms with van der Waals surface area (Å²) in [6.07, 6.45) is 1.11. The minimum atomic E-state index is -3.53. The number of fused-ring (bicyclic) bond motifs is 3. The molecule has 0 radical (unpaired) electrons. The van der Waals surface area contributed by atoms with Crippen molar-refractivity contribution in [2.75, 3.05) is 17.6 Å². The first-order valence-corrected chi connectivity index (χ1v) is 10.5. The number of non-ortho nitro benzene ring substituents is 1. The second-order valence-electron chi connectivity index (χ2n) is 6.01. The second kappa shape index (κ2) is 6.03. The molecule has 138 valence electrons. The number of nitro benzene ring substituents is 1. The highest BCUT2D eigenvalue weighted by Crippen LogP contribution is 2.39. The summed E-state index contributed by atoms with van der Waals surface area (Å²) in [5.74, 6) is 0.281. The Kier molecular flexibility index (Phi) is 3.89. The van der Waals surface area contributed by atoms with E-state index in [0.717, 1.165) is 20.8 Å². The zero-order valence-electron chi connectivity index (χ0n) is 14.4. The van der Waals surface area contributed by atoms with Gasteiger partial charge in [0.1, 0.15) is 0 Å². The molecule has 0 fully saturated rings. The van der Waals surface area contributed by atoms with Crippen LogP contribution >= 0.6 is 11.3 Å². The van der Waals surface area contributed by atoms with E-state index in [2.05, 4.69) is 4.98 Å². The van der Waals surface area contributed by atoms with Crippen LogP contribution in [0.2, 0.25) is 0 Å². The van der Waals surface area contributed by atoms with E-state index in [1.807, 2.05) is 30.3 Å². The monoisotopic (exact) mass is 402 g/mol. The largest absolute Gasteiger partial charge is 0.280 e. The Hall–Kier alpha value is -2.98. The van der Waals surface area contributed by atoms with E-state index in [9.17, 15) is 18.5 Å². The molecular formula is C17H14N4O4S2. The molecule has 0 unspecified atom stereocenters. The van der Waals surface area contributed by atoms with Crippen molar-refractivity contribution < 1.29 is 13.3 Å². The molecular weight excluding hydrogens is 388 g/mol. The number of anilines is 1. The molecule has 0 aliphatic rings. The van der Waals surface area contributed by atoms with Gasteiger partial charge in [0, 0.05) is 24.7 Å². The van der Waals surface area contributed by atoms with Crippen LogP contribution in [0.5, 0.6) is 0 Å². The van der Waals surface area contributed by atoms with Crippen LogP contribution < -0.4 is 4.31 Å². The van der Waals surface area contributed by atoms with Crippen molar-refractivity contribution in [1.29, 1.82) is 0 Å².